The molecular formula is C15H20O3. The second-order valence-corrected chi connectivity index (χ2v) is 5.81. The molecule has 0 radical (unpaired) electrons. The summed E-state index contributed by atoms with van der Waals surface area (Å²) in [6, 6.07) is 1.80. The molecule has 2 unspecified atom stereocenters. The molecule has 1 fully saturated rings. The van der Waals surface area contributed by atoms with Gasteiger partial charge < -0.3 is 9.15 Å². The molecule has 2 atom stereocenters. The number of rotatable bonds is 4. The van der Waals surface area contributed by atoms with Crippen LogP contribution < -0.4 is 0 Å². The van der Waals surface area contributed by atoms with Gasteiger partial charge in [0.05, 0.1) is 18.4 Å². The Hall–Kier alpha value is -1.51. The SMILES string of the molecule is CC(C)=CC1C(C(=O)OCc2ccoc2)C1(C)C. The predicted octanol–water partition coefficient (Wildman–Crippen LogP) is 3.56. The Morgan fingerprint density at radius 2 is 2.22 bits per heavy atom. The molecule has 1 aliphatic rings. The van der Waals surface area contributed by atoms with Gasteiger partial charge in [0.15, 0.2) is 0 Å². The lowest BCUT2D eigenvalue weighted by Crippen LogP contribution is -2.10. The number of carbonyl (C=O) groups excluding carboxylic acids is 1. The number of esters is 1. The second kappa shape index (κ2) is 4.63. The molecule has 0 amide bonds. The standard InChI is InChI=1S/C15H20O3/c1-10(2)7-12-13(15(12,3)4)14(16)18-9-11-5-6-17-8-11/h5-8,12-13H,9H2,1-4H3. The number of ether oxygens (including phenoxy) is 1. The number of hydrogen-bond acceptors (Lipinski definition) is 3. The minimum absolute atomic E-state index is 0.0145. The van der Waals surface area contributed by atoms with Crippen LogP contribution in [0.2, 0.25) is 0 Å². The Bertz CT molecular complexity index is 450. The van der Waals surface area contributed by atoms with Gasteiger partial charge in [0.1, 0.15) is 6.61 Å². The van der Waals surface area contributed by atoms with Crippen LogP contribution in [0.5, 0.6) is 0 Å². The van der Waals surface area contributed by atoms with Crippen molar-refractivity contribution in [2.24, 2.45) is 17.3 Å². The van der Waals surface area contributed by atoms with Crippen molar-refractivity contribution in [3.05, 3.63) is 35.8 Å². The monoisotopic (exact) mass is 248 g/mol. The highest BCUT2D eigenvalue weighted by molar-refractivity contribution is 5.78. The molecule has 1 saturated carbocycles. The lowest BCUT2D eigenvalue weighted by Gasteiger charge is -2.03. The first-order chi connectivity index (χ1) is 8.43. The summed E-state index contributed by atoms with van der Waals surface area (Å²) in [6.07, 6.45) is 5.35. The van der Waals surface area contributed by atoms with E-state index in [9.17, 15) is 4.79 Å². The highest BCUT2D eigenvalue weighted by Crippen LogP contribution is 2.59. The molecule has 2 rings (SSSR count). The molecular weight excluding hydrogens is 228 g/mol. The summed E-state index contributed by atoms with van der Waals surface area (Å²) in [7, 11) is 0. The molecule has 1 heterocycles. The molecule has 1 aromatic heterocycles. The average molecular weight is 248 g/mol. The van der Waals surface area contributed by atoms with Gasteiger partial charge in [-0.2, -0.15) is 0 Å². The fraction of sp³-hybridized carbons (Fsp3) is 0.533. The van der Waals surface area contributed by atoms with Crippen LogP contribution in [0.15, 0.2) is 34.7 Å². The van der Waals surface area contributed by atoms with E-state index in [2.05, 4.69) is 33.8 Å². The minimum atomic E-state index is -0.108. The van der Waals surface area contributed by atoms with Crippen LogP contribution in [0.25, 0.3) is 0 Å². The van der Waals surface area contributed by atoms with Crippen molar-refractivity contribution in [3.63, 3.8) is 0 Å². The molecule has 0 saturated heterocycles. The lowest BCUT2D eigenvalue weighted by molar-refractivity contribution is -0.147. The molecule has 98 valence electrons. The van der Waals surface area contributed by atoms with E-state index in [1.807, 2.05) is 0 Å². The molecule has 1 aromatic rings. The summed E-state index contributed by atoms with van der Waals surface area (Å²) >= 11 is 0. The molecule has 3 heteroatoms. The molecule has 3 nitrogen and oxygen atoms in total. The van der Waals surface area contributed by atoms with E-state index in [0.717, 1.165) is 5.56 Å². The van der Waals surface area contributed by atoms with E-state index < -0.39 is 0 Å². The molecule has 1 aliphatic carbocycles. The van der Waals surface area contributed by atoms with Crippen molar-refractivity contribution >= 4 is 5.97 Å². The van der Waals surface area contributed by atoms with Crippen LogP contribution in [-0.2, 0) is 16.1 Å². The van der Waals surface area contributed by atoms with Gasteiger partial charge in [0, 0.05) is 5.56 Å². The van der Waals surface area contributed by atoms with E-state index in [-0.39, 0.29) is 17.3 Å². The zero-order chi connectivity index (χ0) is 13.3. The molecule has 0 aliphatic heterocycles. The zero-order valence-electron chi connectivity index (χ0n) is 11.4. The Morgan fingerprint density at radius 3 is 2.78 bits per heavy atom. The van der Waals surface area contributed by atoms with Gasteiger partial charge in [-0.15, -0.1) is 0 Å². The normalized spacial score (nSPS) is 24.4. The summed E-state index contributed by atoms with van der Waals surface area (Å²) in [5.74, 6) is 0.183. The van der Waals surface area contributed by atoms with Crippen LogP contribution >= 0.6 is 0 Å². The maximum Gasteiger partial charge on any atom is 0.310 e. The summed E-state index contributed by atoms with van der Waals surface area (Å²) < 4.78 is 10.3. The highest BCUT2D eigenvalue weighted by Gasteiger charge is 2.61. The smallest absolute Gasteiger partial charge is 0.310 e. The van der Waals surface area contributed by atoms with Crippen LogP contribution in [-0.4, -0.2) is 5.97 Å². The quantitative estimate of drug-likeness (QED) is 0.604. The fourth-order valence-electron chi connectivity index (χ4n) is 2.42. The molecule has 0 aromatic carbocycles. The summed E-state index contributed by atoms with van der Waals surface area (Å²) in [6.45, 7) is 8.63. The van der Waals surface area contributed by atoms with E-state index >= 15 is 0 Å². The number of carbonyl (C=O) groups is 1. The predicted molar refractivity (Wildman–Crippen MR) is 68.7 cm³/mol. The Labute approximate surface area is 108 Å². The van der Waals surface area contributed by atoms with Crippen molar-refractivity contribution < 1.29 is 13.9 Å². The minimum Gasteiger partial charge on any atom is -0.472 e. The highest BCUT2D eigenvalue weighted by atomic mass is 16.5. The Kier molecular flexibility index (Phi) is 3.33. The van der Waals surface area contributed by atoms with Gasteiger partial charge in [-0.25, -0.2) is 0 Å². The van der Waals surface area contributed by atoms with E-state index in [0.29, 0.717) is 12.5 Å². The molecule has 0 spiro atoms. The molecule has 0 bridgehead atoms. The van der Waals surface area contributed by atoms with E-state index in [1.54, 1.807) is 18.6 Å². The first-order valence-electron chi connectivity index (χ1n) is 6.25. The summed E-state index contributed by atoms with van der Waals surface area (Å²) in [4.78, 5) is 12.0. The van der Waals surface area contributed by atoms with Crippen molar-refractivity contribution in [2.45, 2.75) is 34.3 Å². The van der Waals surface area contributed by atoms with Gasteiger partial charge >= 0.3 is 5.97 Å². The number of hydrogen-bond donors (Lipinski definition) is 0. The maximum atomic E-state index is 12.0. The molecule has 0 N–H and O–H groups in total. The topological polar surface area (TPSA) is 39.4 Å². The van der Waals surface area contributed by atoms with E-state index in [4.69, 9.17) is 9.15 Å². The fourth-order valence-corrected chi connectivity index (χ4v) is 2.42. The average Bonchev–Trinajstić information content (AvgIpc) is 2.70. The Morgan fingerprint density at radius 1 is 1.50 bits per heavy atom. The van der Waals surface area contributed by atoms with Gasteiger partial charge in [0.2, 0.25) is 0 Å². The largest absolute Gasteiger partial charge is 0.472 e. The maximum absolute atomic E-state index is 12.0. The van der Waals surface area contributed by atoms with Gasteiger partial charge in [-0.1, -0.05) is 25.5 Å². The third-order valence-electron chi connectivity index (χ3n) is 3.64. The number of furan rings is 1. The number of allylic oxidation sites excluding steroid dienone is 2. The first kappa shape index (κ1) is 12.9. The van der Waals surface area contributed by atoms with Crippen molar-refractivity contribution in [1.29, 1.82) is 0 Å². The summed E-state index contributed by atoms with van der Waals surface area (Å²) in [5.41, 5.74) is 2.16. The van der Waals surface area contributed by atoms with Crippen LogP contribution in [0.3, 0.4) is 0 Å². The van der Waals surface area contributed by atoms with Crippen LogP contribution in [0.4, 0.5) is 0 Å². The second-order valence-electron chi connectivity index (χ2n) is 5.81. The van der Waals surface area contributed by atoms with Gasteiger partial charge in [0.25, 0.3) is 0 Å². The third kappa shape index (κ3) is 2.50. The lowest BCUT2D eigenvalue weighted by atomic mass is 10.1. The summed E-state index contributed by atoms with van der Waals surface area (Å²) in [5, 5.41) is 0. The van der Waals surface area contributed by atoms with Gasteiger partial charge in [-0.05, 0) is 31.2 Å². The molecule has 18 heavy (non-hydrogen) atoms. The first-order valence-corrected chi connectivity index (χ1v) is 6.25. The Balaban J connectivity index is 1.92. The third-order valence-corrected chi connectivity index (χ3v) is 3.64. The van der Waals surface area contributed by atoms with Crippen LogP contribution in [0, 0.1) is 17.3 Å². The van der Waals surface area contributed by atoms with Crippen molar-refractivity contribution in [3.8, 4) is 0 Å². The van der Waals surface area contributed by atoms with Crippen LogP contribution in [0.1, 0.15) is 33.3 Å². The zero-order valence-corrected chi connectivity index (χ0v) is 11.4. The van der Waals surface area contributed by atoms with E-state index in [1.165, 1.54) is 5.57 Å². The van der Waals surface area contributed by atoms with Crippen molar-refractivity contribution in [1.82, 2.24) is 0 Å². The van der Waals surface area contributed by atoms with Gasteiger partial charge in [-0.3, -0.25) is 4.79 Å². The van der Waals surface area contributed by atoms with Crippen molar-refractivity contribution in [2.75, 3.05) is 0 Å².